The van der Waals surface area contributed by atoms with Crippen LogP contribution >= 0.6 is 11.3 Å². The number of aliphatic hydroxyl groups excluding tert-OH is 1. The van der Waals surface area contributed by atoms with Gasteiger partial charge in [-0.25, -0.2) is 4.98 Å². The molecule has 0 amide bonds. The highest BCUT2D eigenvalue weighted by Gasteiger charge is 2.33. The summed E-state index contributed by atoms with van der Waals surface area (Å²) in [5.74, 6) is -0.493. The van der Waals surface area contributed by atoms with Gasteiger partial charge < -0.3 is 14.7 Å². The summed E-state index contributed by atoms with van der Waals surface area (Å²) in [5.41, 5.74) is 4.54. The molecule has 31 heavy (non-hydrogen) atoms. The van der Waals surface area contributed by atoms with Crippen LogP contribution in [0.2, 0.25) is 0 Å². The first-order valence-electron chi connectivity index (χ1n) is 9.30. The molecule has 160 valence electrons. The Labute approximate surface area is 180 Å². The summed E-state index contributed by atoms with van der Waals surface area (Å²) >= 11 is 1.30. The van der Waals surface area contributed by atoms with Crippen molar-refractivity contribution in [3.8, 4) is 17.0 Å². The standard InChI is InChI=1S/C22H18F3N3O2S/c1-12-6-7-14(8-13(12)2)17-11-31-21(27-17)19-18(29)10-28(20(19)26)15-4-3-5-16(9-15)30-22(23,24)25/h3-9,11,26,29H,10H2,1-2H3. The van der Waals surface area contributed by atoms with Crippen LogP contribution < -0.4 is 9.64 Å². The minimum absolute atomic E-state index is 0.0392. The molecule has 0 radical (unpaired) electrons. The van der Waals surface area contributed by atoms with Crippen molar-refractivity contribution in [2.75, 3.05) is 11.4 Å². The molecule has 1 aliphatic heterocycles. The Bertz CT molecular complexity index is 1200. The van der Waals surface area contributed by atoms with Gasteiger partial charge in [0.1, 0.15) is 22.4 Å². The Morgan fingerprint density at radius 1 is 1.13 bits per heavy atom. The molecule has 0 bridgehead atoms. The van der Waals surface area contributed by atoms with Gasteiger partial charge in [-0.1, -0.05) is 18.2 Å². The van der Waals surface area contributed by atoms with E-state index in [9.17, 15) is 18.3 Å². The van der Waals surface area contributed by atoms with Gasteiger partial charge in [0.2, 0.25) is 0 Å². The first-order chi connectivity index (χ1) is 14.6. The van der Waals surface area contributed by atoms with Gasteiger partial charge in [-0.2, -0.15) is 0 Å². The number of rotatable bonds is 4. The summed E-state index contributed by atoms with van der Waals surface area (Å²) in [6.07, 6.45) is -4.81. The van der Waals surface area contributed by atoms with Gasteiger partial charge in [0.05, 0.1) is 17.8 Å². The normalized spacial score (nSPS) is 14.5. The zero-order chi connectivity index (χ0) is 22.3. The Kier molecular flexibility index (Phi) is 5.22. The van der Waals surface area contributed by atoms with Crippen molar-refractivity contribution in [1.29, 1.82) is 5.41 Å². The van der Waals surface area contributed by atoms with Crippen LogP contribution in [0.3, 0.4) is 0 Å². The van der Waals surface area contributed by atoms with Crippen LogP contribution in [0.15, 0.2) is 53.6 Å². The quantitative estimate of drug-likeness (QED) is 0.510. The number of halogens is 3. The molecule has 0 saturated carbocycles. The summed E-state index contributed by atoms with van der Waals surface area (Å²) in [5, 5.41) is 21.3. The van der Waals surface area contributed by atoms with Gasteiger partial charge in [0.25, 0.3) is 0 Å². The highest BCUT2D eigenvalue weighted by atomic mass is 32.1. The van der Waals surface area contributed by atoms with Crippen molar-refractivity contribution >= 4 is 28.4 Å². The number of hydrogen-bond donors (Lipinski definition) is 2. The lowest BCUT2D eigenvalue weighted by Gasteiger charge is -2.19. The number of nitrogens with one attached hydrogen (secondary N) is 1. The summed E-state index contributed by atoms with van der Waals surface area (Å²) in [7, 11) is 0. The molecule has 1 aliphatic rings. The predicted octanol–water partition coefficient (Wildman–Crippen LogP) is 6.09. The molecular formula is C22H18F3N3O2S. The average Bonchev–Trinajstić information content (AvgIpc) is 3.27. The number of hydrogen-bond acceptors (Lipinski definition) is 5. The molecule has 0 spiro atoms. The number of aliphatic hydroxyl groups is 1. The van der Waals surface area contributed by atoms with E-state index in [0.717, 1.165) is 16.8 Å². The van der Waals surface area contributed by atoms with Crippen molar-refractivity contribution in [2.45, 2.75) is 20.2 Å². The summed E-state index contributed by atoms with van der Waals surface area (Å²) in [6, 6.07) is 11.3. The fraction of sp³-hybridized carbons (Fsp3) is 0.182. The van der Waals surface area contributed by atoms with E-state index in [1.165, 1.54) is 40.0 Å². The first kappa shape index (κ1) is 20.9. The first-order valence-corrected chi connectivity index (χ1v) is 10.2. The molecule has 2 N–H and O–H groups in total. The molecule has 4 rings (SSSR count). The fourth-order valence-corrected chi connectivity index (χ4v) is 4.19. The Hall–Kier alpha value is -3.33. The highest BCUT2D eigenvalue weighted by molar-refractivity contribution is 7.11. The van der Waals surface area contributed by atoms with E-state index >= 15 is 0 Å². The van der Waals surface area contributed by atoms with Crippen LogP contribution in [-0.2, 0) is 0 Å². The van der Waals surface area contributed by atoms with Gasteiger partial charge in [0.15, 0.2) is 0 Å². The zero-order valence-electron chi connectivity index (χ0n) is 16.6. The van der Waals surface area contributed by atoms with E-state index in [4.69, 9.17) is 5.41 Å². The van der Waals surface area contributed by atoms with Crippen molar-refractivity contribution in [3.63, 3.8) is 0 Å². The summed E-state index contributed by atoms with van der Waals surface area (Å²) in [4.78, 5) is 6.00. The third kappa shape index (κ3) is 4.27. The van der Waals surface area contributed by atoms with E-state index in [-0.39, 0.29) is 23.7 Å². The van der Waals surface area contributed by atoms with Crippen LogP contribution in [0.25, 0.3) is 16.8 Å². The zero-order valence-corrected chi connectivity index (χ0v) is 17.4. The van der Waals surface area contributed by atoms with Gasteiger partial charge in [0, 0.05) is 22.7 Å². The lowest BCUT2D eigenvalue weighted by Crippen LogP contribution is -2.26. The van der Waals surface area contributed by atoms with E-state index in [2.05, 4.69) is 9.72 Å². The number of thiazole rings is 1. The van der Waals surface area contributed by atoms with Crippen LogP contribution in [0.4, 0.5) is 18.9 Å². The molecule has 0 unspecified atom stereocenters. The fourth-order valence-electron chi connectivity index (χ4n) is 3.30. The van der Waals surface area contributed by atoms with E-state index in [1.807, 2.05) is 37.4 Å². The number of nitrogens with zero attached hydrogens (tertiary/aromatic N) is 2. The number of aromatic nitrogens is 1. The SMILES string of the molecule is Cc1ccc(-c2csc(C3=C(O)CN(c4cccc(OC(F)(F)F)c4)C3=N)n2)cc1C. The monoisotopic (exact) mass is 445 g/mol. The van der Waals surface area contributed by atoms with Gasteiger partial charge in [-0.3, -0.25) is 5.41 Å². The smallest absolute Gasteiger partial charge is 0.510 e. The van der Waals surface area contributed by atoms with Crippen LogP contribution in [0.5, 0.6) is 5.75 Å². The molecule has 1 aromatic heterocycles. The highest BCUT2D eigenvalue weighted by Crippen LogP contribution is 2.36. The minimum atomic E-state index is -4.81. The van der Waals surface area contributed by atoms with Crippen LogP contribution in [-0.4, -0.2) is 28.8 Å². The van der Waals surface area contributed by atoms with Crippen LogP contribution in [0.1, 0.15) is 16.1 Å². The number of anilines is 1. The maximum Gasteiger partial charge on any atom is 0.573 e. The third-order valence-electron chi connectivity index (χ3n) is 4.99. The molecule has 0 aliphatic carbocycles. The molecule has 3 aromatic rings. The number of ether oxygens (including phenoxy) is 1. The minimum Gasteiger partial charge on any atom is -0.510 e. The topological polar surface area (TPSA) is 69.4 Å². The second-order valence-electron chi connectivity index (χ2n) is 7.14. The second kappa shape index (κ2) is 7.73. The molecule has 0 atom stereocenters. The van der Waals surface area contributed by atoms with Crippen molar-refractivity contribution in [1.82, 2.24) is 4.98 Å². The lowest BCUT2D eigenvalue weighted by atomic mass is 10.1. The summed E-state index contributed by atoms with van der Waals surface area (Å²) in [6.45, 7) is 4.00. The molecule has 2 aromatic carbocycles. The van der Waals surface area contributed by atoms with Crippen LogP contribution in [0, 0.1) is 19.3 Å². The second-order valence-corrected chi connectivity index (χ2v) is 8.00. The Balaban J connectivity index is 1.60. The molecular weight excluding hydrogens is 427 g/mol. The Morgan fingerprint density at radius 3 is 2.61 bits per heavy atom. The number of amidine groups is 1. The average molecular weight is 445 g/mol. The number of benzene rings is 2. The number of alkyl halides is 3. The van der Waals surface area contributed by atoms with E-state index in [1.54, 1.807) is 6.07 Å². The van der Waals surface area contributed by atoms with Gasteiger partial charge >= 0.3 is 6.36 Å². The van der Waals surface area contributed by atoms with Crippen molar-refractivity contribution < 1.29 is 23.0 Å². The van der Waals surface area contributed by atoms with E-state index < -0.39 is 12.1 Å². The molecule has 9 heteroatoms. The van der Waals surface area contributed by atoms with Gasteiger partial charge in [-0.05, 0) is 43.2 Å². The maximum absolute atomic E-state index is 12.5. The van der Waals surface area contributed by atoms with E-state index in [0.29, 0.717) is 10.7 Å². The molecule has 5 nitrogen and oxygen atoms in total. The molecule has 0 saturated heterocycles. The molecule has 2 heterocycles. The largest absolute Gasteiger partial charge is 0.573 e. The van der Waals surface area contributed by atoms with Gasteiger partial charge in [-0.15, -0.1) is 24.5 Å². The lowest BCUT2D eigenvalue weighted by molar-refractivity contribution is -0.274. The number of aryl methyl sites for hydroxylation is 2. The maximum atomic E-state index is 12.5. The van der Waals surface area contributed by atoms with Crippen molar-refractivity contribution in [2.24, 2.45) is 0 Å². The Morgan fingerprint density at radius 2 is 1.90 bits per heavy atom. The molecule has 0 fully saturated rings. The third-order valence-corrected chi connectivity index (χ3v) is 5.85. The predicted molar refractivity (Wildman–Crippen MR) is 115 cm³/mol. The summed E-state index contributed by atoms with van der Waals surface area (Å²) < 4.78 is 41.5. The van der Waals surface area contributed by atoms with Crippen molar-refractivity contribution in [3.05, 3.63) is 69.7 Å².